The minimum atomic E-state index is -3.81. The van der Waals surface area contributed by atoms with Gasteiger partial charge in [0.05, 0.1) is 5.41 Å². The lowest BCUT2D eigenvalue weighted by molar-refractivity contribution is -0.124. The van der Waals surface area contributed by atoms with Gasteiger partial charge in [0.1, 0.15) is 5.82 Å². The number of amides is 1. The second-order valence-corrected chi connectivity index (χ2v) is 9.20. The van der Waals surface area contributed by atoms with E-state index < -0.39 is 15.6 Å². The number of nitrogens with zero attached hydrogens (tertiary/aromatic N) is 2. The summed E-state index contributed by atoms with van der Waals surface area (Å²) in [5, 5.41) is 8.26. The van der Waals surface area contributed by atoms with Crippen molar-refractivity contribution >= 4 is 32.6 Å². The summed E-state index contributed by atoms with van der Waals surface area (Å²) in [5.41, 5.74) is -0.315. The Labute approximate surface area is 155 Å². The van der Waals surface area contributed by atoms with Gasteiger partial charge in [-0.05, 0) is 25.0 Å². The molecule has 0 aliphatic carbocycles. The van der Waals surface area contributed by atoms with Gasteiger partial charge in [-0.25, -0.2) is 14.5 Å². The van der Waals surface area contributed by atoms with Crippen LogP contribution in [-0.4, -0.2) is 36.7 Å². The Morgan fingerprint density at radius 3 is 2.85 bits per heavy atom. The van der Waals surface area contributed by atoms with E-state index in [0.29, 0.717) is 23.5 Å². The van der Waals surface area contributed by atoms with Crippen molar-refractivity contribution < 1.29 is 17.6 Å². The number of halogens is 1. The van der Waals surface area contributed by atoms with E-state index in [-0.39, 0.29) is 24.8 Å². The molecule has 0 radical (unpaired) electrons. The Bertz CT molecular complexity index is 931. The van der Waals surface area contributed by atoms with Crippen LogP contribution in [0.25, 0.3) is 0 Å². The first-order chi connectivity index (χ1) is 12.2. The minimum Gasteiger partial charge on any atom is -0.301 e. The van der Waals surface area contributed by atoms with Crippen LogP contribution in [0, 0.1) is 11.2 Å². The molecule has 140 valence electrons. The smallest absolute Gasteiger partial charge is 0.276 e. The molecule has 1 amide bonds. The van der Waals surface area contributed by atoms with E-state index in [0.717, 1.165) is 9.18 Å². The third kappa shape index (κ3) is 4.09. The minimum absolute atomic E-state index is 0.0329. The van der Waals surface area contributed by atoms with E-state index in [1.165, 1.54) is 17.4 Å². The molecule has 2 heterocycles. The van der Waals surface area contributed by atoms with Crippen LogP contribution in [0.3, 0.4) is 0 Å². The quantitative estimate of drug-likeness (QED) is 0.800. The summed E-state index contributed by atoms with van der Waals surface area (Å²) in [7, 11) is -3.81. The van der Waals surface area contributed by atoms with Crippen LogP contribution >= 0.6 is 11.3 Å². The molecule has 0 saturated carbocycles. The molecular weight excluding hydrogens is 379 g/mol. The van der Waals surface area contributed by atoms with Gasteiger partial charge in [-0.15, -0.1) is 11.3 Å². The van der Waals surface area contributed by atoms with Crippen LogP contribution in [0.1, 0.15) is 23.8 Å². The molecule has 7 nitrogen and oxygen atoms in total. The lowest BCUT2D eigenvalue weighted by Crippen LogP contribution is -2.40. The second kappa shape index (κ2) is 7.03. The Hall–Kier alpha value is -1.88. The maximum absolute atomic E-state index is 13.7. The molecule has 1 saturated heterocycles. The number of anilines is 1. The number of nitrogens with two attached hydrogens (primary N) is 1. The van der Waals surface area contributed by atoms with Gasteiger partial charge < -0.3 is 5.32 Å². The molecule has 1 unspecified atom stereocenters. The number of carbonyl (C=O) groups excluding carboxylic acids is 1. The second-order valence-electron chi connectivity index (χ2n) is 6.54. The zero-order valence-corrected chi connectivity index (χ0v) is 15.7. The summed E-state index contributed by atoms with van der Waals surface area (Å²) in [4.78, 5) is 17.5. The standard InChI is InChI=1S/C16H19FN4O3S2/c1-16(6-7-21(10-16)26(18,23)24)14(22)20-15-19-9-12(25-15)8-11-4-2-3-5-13(11)17/h2-5,9H,6-8,10H2,1H3,(H2,18,23,24)(H,19,20,22). The highest BCUT2D eigenvalue weighted by Gasteiger charge is 2.43. The van der Waals surface area contributed by atoms with Crippen LogP contribution in [-0.2, 0) is 21.4 Å². The fourth-order valence-corrected chi connectivity index (χ4v) is 4.49. The Morgan fingerprint density at radius 2 is 2.19 bits per heavy atom. The molecule has 26 heavy (non-hydrogen) atoms. The molecule has 0 bridgehead atoms. The highest BCUT2D eigenvalue weighted by molar-refractivity contribution is 7.86. The first-order valence-electron chi connectivity index (χ1n) is 7.95. The van der Waals surface area contributed by atoms with Crippen molar-refractivity contribution in [3.8, 4) is 0 Å². The van der Waals surface area contributed by atoms with Gasteiger partial charge in [0.2, 0.25) is 5.91 Å². The Morgan fingerprint density at radius 1 is 1.46 bits per heavy atom. The SMILES string of the molecule is CC1(C(=O)Nc2ncc(Cc3ccccc3F)s2)CCN(S(N)(=O)=O)C1. The van der Waals surface area contributed by atoms with Crippen LogP contribution < -0.4 is 10.5 Å². The van der Waals surface area contributed by atoms with Crippen molar-refractivity contribution in [2.24, 2.45) is 10.6 Å². The molecule has 1 aromatic carbocycles. The molecule has 3 N–H and O–H groups in total. The predicted octanol–water partition coefficient (Wildman–Crippen LogP) is 1.73. The monoisotopic (exact) mass is 398 g/mol. The molecule has 1 fully saturated rings. The van der Waals surface area contributed by atoms with Gasteiger partial charge >= 0.3 is 0 Å². The van der Waals surface area contributed by atoms with Crippen LogP contribution in [0.4, 0.5) is 9.52 Å². The van der Waals surface area contributed by atoms with Crippen molar-refractivity contribution in [3.05, 3.63) is 46.7 Å². The molecule has 1 aliphatic rings. The highest BCUT2D eigenvalue weighted by Crippen LogP contribution is 2.33. The average molecular weight is 398 g/mol. The zero-order chi connectivity index (χ0) is 18.9. The largest absolute Gasteiger partial charge is 0.301 e. The summed E-state index contributed by atoms with van der Waals surface area (Å²) in [5.74, 6) is -0.594. The van der Waals surface area contributed by atoms with Crippen molar-refractivity contribution in [2.75, 3.05) is 18.4 Å². The molecule has 1 aliphatic heterocycles. The van der Waals surface area contributed by atoms with E-state index >= 15 is 0 Å². The van der Waals surface area contributed by atoms with Crippen LogP contribution in [0.5, 0.6) is 0 Å². The molecule has 10 heteroatoms. The lowest BCUT2D eigenvalue weighted by Gasteiger charge is -2.22. The normalized spacial score (nSPS) is 21.0. The van der Waals surface area contributed by atoms with Crippen molar-refractivity contribution in [1.82, 2.24) is 9.29 Å². The maximum atomic E-state index is 13.7. The fourth-order valence-electron chi connectivity index (χ4n) is 2.85. The lowest BCUT2D eigenvalue weighted by atomic mass is 9.89. The van der Waals surface area contributed by atoms with Gasteiger partial charge in [-0.1, -0.05) is 18.2 Å². The molecular formula is C16H19FN4O3S2. The van der Waals surface area contributed by atoms with Gasteiger partial charge in [0.15, 0.2) is 5.13 Å². The Balaban J connectivity index is 1.66. The number of hydrogen-bond donors (Lipinski definition) is 2. The number of nitrogens with one attached hydrogen (secondary N) is 1. The molecule has 0 spiro atoms. The van der Waals surface area contributed by atoms with Crippen molar-refractivity contribution in [3.63, 3.8) is 0 Å². The summed E-state index contributed by atoms with van der Waals surface area (Å²) >= 11 is 1.26. The molecule has 2 aromatic rings. The van der Waals surface area contributed by atoms with Gasteiger partial charge in [-0.2, -0.15) is 12.7 Å². The van der Waals surface area contributed by atoms with E-state index in [4.69, 9.17) is 5.14 Å². The number of carbonyl (C=O) groups is 1. The average Bonchev–Trinajstić information content (AvgIpc) is 3.17. The topological polar surface area (TPSA) is 105 Å². The summed E-state index contributed by atoms with van der Waals surface area (Å²) < 4.78 is 37.7. The first kappa shape index (κ1) is 18.9. The maximum Gasteiger partial charge on any atom is 0.276 e. The third-order valence-electron chi connectivity index (χ3n) is 4.44. The molecule has 1 atom stereocenters. The number of rotatable bonds is 5. The van der Waals surface area contributed by atoms with E-state index in [2.05, 4.69) is 10.3 Å². The summed E-state index contributed by atoms with van der Waals surface area (Å²) in [6, 6.07) is 6.50. The number of thiazole rings is 1. The fraction of sp³-hybridized carbons (Fsp3) is 0.375. The van der Waals surface area contributed by atoms with Crippen LogP contribution in [0.2, 0.25) is 0 Å². The summed E-state index contributed by atoms with van der Waals surface area (Å²) in [6.07, 6.45) is 2.36. The molecule has 3 rings (SSSR count). The van der Waals surface area contributed by atoms with Crippen LogP contribution in [0.15, 0.2) is 30.5 Å². The van der Waals surface area contributed by atoms with Gasteiger partial charge in [0.25, 0.3) is 10.2 Å². The third-order valence-corrected chi connectivity index (χ3v) is 6.39. The number of hydrogen-bond acceptors (Lipinski definition) is 5. The number of aromatic nitrogens is 1. The van der Waals surface area contributed by atoms with Crippen molar-refractivity contribution in [1.29, 1.82) is 0 Å². The summed E-state index contributed by atoms with van der Waals surface area (Å²) in [6.45, 7) is 1.94. The van der Waals surface area contributed by atoms with E-state index in [9.17, 15) is 17.6 Å². The zero-order valence-electron chi connectivity index (χ0n) is 14.1. The highest BCUT2D eigenvalue weighted by atomic mass is 32.2. The van der Waals surface area contributed by atoms with E-state index in [1.807, 2.05) is 0 Å². The predicted molar refractivity (Wildman–Crippen MR) is 97.4 cm³/mol. The van der Waals surface area contributed by atoms with Crippen molar-refractivity contribution in [2.45, 2.75) is 19.8 Å². The number of benzene rings is 1. The Kier molecular flexibility index (Phi) is 5.11. The van der Waals surface area contributed by atoms with E-state index in [1.54, 1.807) is 31.3 Å². The molecule has 1 aromatic heterocycles. The van der Waals surface area contributed by atoms with Gasteiger partial charge in [-0.3, -0.25) is 4.79 Å². The van der Waals surface area contributed by atoms with Gasteiger partial charge in [0, 0.05) is 30.6 Å². The first-order valence-corrected chi connectivity index (χ1v) is 10.3.